The molecule has 4 atom stereocenters. The van der Waals surface area contributed by atoms with Crippen molar-refractivity contribution in [3.8, 4) is 11.5 Å². The van der Waals surface area contributed by atoms with E-state index in [1.807, 2.05) is 36.4 Å². The lowest BCUT2D eigenvalue weighted by Gasteiger charge is -2.47. The SMILES string of the molecule is COCCCOc1ccc([C@@H]2[C@@H](OCc3ccc4c(c3)N(CCCOC)CCO4)CN(C(=O)O)C(OC)[C@H]2C(=O)N(C)C)cc1. The highest BCUT2D eigenvalue weighted by Gasteiger charge is 2.51. The molecule has 12 nitrogen and oxygen atoms in total. The van der Waals surface area contributed by atoms with Gasteiger partial charge in [0.15, 0.2) is 0 Å². The maximum atomic E-state index is 13.7. The maximum absolute atomic E-state index is 13.7. The fourth-order valence-corrected chi connectivity index (χ4v) is 6.05. The summed E-state index contributed by atoms with van der Waals surface area (Å²) in [5, 5.41) is 10.2. The third-order valence-electron chi connectivity index (χ3n) is 8.24. The molecule has 2 aliphatic rings. The second kappa shape index (κ2) is 16.6. The quantitative estimate of drug-likeness (QED) is 0.292. The number of rotatable bonds is 15. The van der Waals surface area contributed by atoms with Crippen molar-refractivity contribution < 1.29 is 43.1 Å². The Labute approximate surface area is 265 Å². The second-order valence-corrected chi connectivity index (χ2v) is 11.4. The highest BCUT2D eigenvalue weighted by atomic mass is 16.5. The molecule has 1 fully saturated rings. The zero-order chi connectivity index (χ0) is 32.3. The normalized spacial score (nSPS) is 21.2. The van der Waals surface area contributed by atoms with Crippen LogP contribution in [0.25, 0.3) is 0 Å². The predicted molar refractivity (Wildman–Crippen MR) is 168 cm³/mol. The minimum atomic E-state index is -1.18. The number of ether oxygens (including phenoxy) is 6. The van der Waals surface area contributed by atoms with Crippen LogP contribution in [0.15, 0.2) is 42.5 Å². The lowest BCUT2D eigenvalue weighted by Crippen LogP contribution is -2.61. The van der Waals surface area contributed by atoms with Gasteiger partial charge in [0.05, 0.1) is 44.0 Å². The Morgan fingerprint density at radius 1 is 1.00 bits per heavy atom. The van der Waals surface area contributed by atoms with Crippen molar-refractivity contribution in [1.29, 1.82) is 0 Å². The fourth-order valence-electron chi connectivity index (χ4n) is 6.05. The highest BCUT2D eigenvalue weighted by Crippen LogP contribution is 2.41. The summed E-state index contributed by atoms with van der Waals surface area (Å²) in [6.45, 7) is 4.27. The third kappa shape index (κ3) is 8.57. The average molecular weight is 630 g/mol. The monoisotopic (exact) mass is 629 g/mol. The van der Waals surface area contributed by atoms with E-state index in [1.165, 1.54) is 16.9 Å². The van der Waals surface area contributed by atoms with Crippen molar-refractivity contribution in [2.45, 2.75) is 37.7 Å². The molecule has 45 heavy (non-hydrogen) atoms. The van der Waals surface area contributed by atoms with E-state index in [9.17, 15) is 14.7 Å². The molecule has 0 bridgehead atoms. The Kier molecular flexibility index (Phi) is 12.7. The standard InChI is InChI=1S/C33H47N3O9/c1-34(2)31(37)30-29(24-9-11-25(12-10-24)43-18-7-17-41-4)28(21-36(33(38)39)32(30)42-5)45-22-23-8-13-27-26(20-23)35(15-19-44-27)14-6-16-40-3/h8-13,20,28-30,32H,6-7,14-19,21-22H2,1-5H3,(H,38,39)/t28-,29+,30+,32?/m0/s1. The number of carboxylic acid groups (broad SMARTS) is 1. The maximum Gasteiger partial charge on any atom is 0.409 e. The van der Waals surface area contributed by atoms with Gasteiger partial charge in [0.25, 0.3) is 0 Å². The molecule has 0 saturated carbocycles. The van der Waals surface area contributed by atoms with Gasteiger partial charge in [0.1, 0.15) is 24.3 Å². The minimum Gasteiger partial charge on any atom is -0.494 e. The number of piperidine rings is 1. The van der Waals surface area contributed by atoms with Gasteiger partial charge in [0.2, 0.25) is 5.91 Å². The third-order valence-corrected chi connectivity index (χ3v) is 8.24. The van der Waals surface area contributed by atoms with Gasteiger partial charge >= 0.3 is 6.09 Å². The number of amides is 2. The molecule has 0 aliphatic carbocycles. The van der Waals surface area contributed by atoms with Crippen molar-refractivity contribution in [2.24, 2.45) is 5.92 Å². The Hall–Kier alpha value is -3.58. The first kappa shape index (κ1) is 34.3. The number of hydrogen-bond donors (Lipinski definition) is 1. The summed E-state index contributed by atoms with van der Waals surface area (Å²) in [6.07, 6.45) is -1.16. The van der Waals surface area contributed by atoms with E-state index in [0.717, 1.165) is 48.5 Å². The van der Waals surface area contributed by atoms with Gasteiger partial charge in [-0.15, -0.1) is 0 Å². The molecule has 2 aliphatic heterocycles. The largest absolute Gasteiger partial charge is 0.494 e. The summed E-state index contributed by atoms with van der Waals surface area (Å²) < 4.78 is 34.4. The molecule has 0 aromatic heterocycles. The van der Waals surface area contributed by atoms with Crippen LogP contribution in [0.1, 0.15) is 29.9 Å². The summed E-state index contributed by atoms with van der Waals surface area (Å²) in [7, 11) is 8.10. The molecule has 2 aromatic carbocycles. The molecule has 12 heteroatoms. The van der Waals surface area contributed by atoms with Gasteiger partial charge in [-0.3, -0.25) is 9.69 Å². The molecular weight excluding hydrogens is 582 g/mol. The number of methoxy groups -OCH3 is 3. The Balaban J connectivity index is 1.62. The Morgan fingerprint density at radius 3 is 2.40 bits per heavy atom. The highest BCUT2D eigenvalue weighted by molar-refractivity contribution is 5.81. The van der Waals surface area contributed by atoms with E-state index in [2.05, 4.69) is 11.0 Å². The topological polar surface area (TPSA) is 119 Å². The molecule has 1 unspecified atom stereocenters. The first-order valence-electron chi connectivity index (χ1n) is 15.4. The van der Waals surface area contributed by atoms with Gasteiger partial charge in [0, 0.05) is 67.5 Å². The number of benzene rings is 2. The van der Waals surface area contributed by atoms with Crippen LogP contribution in [0.2, 0.25) is 0 Å². The van der Waals surface area contributed by atoms with Gasteiger partial charge in [-0.05, 0) is 41.8 Å². The van der Waals surface area contributed by atoms with Crippen molar-refractivity contribution in [2.75, 3.05) is 86.4 Å². The summed E-state index contributed by atoms with van der Waals surface area (Å²) in [6, 6.07) is 13.5. The average Bonchev–Trinajstić information content (AvgIpc) is 3.05. The number of hydrogen-bond acceptors (Lipinski definition) is 9. The van der Waals surface area contributed by atoms with E-state index in [-0.39, 0.29) is 19.1 Å². The number of anilines is 1. The summed E-state index contributed by atoms with van der Waals surface area (Å²) >= 11 is 0. The molecule has 1 N–H and O–H groups in total. The van der Waals surface area contributed by atoms with E-state index in [0.29, 0.717) is 32.2 Å². The van der Waals surface area contributed by atoms with Crippen LogP contribution in [0.4, 0.5) is 10.5 Å². The van der Waals surface area contributed by atoms with Gasteiger partial charge < -0.3 is 43.3 Å². The molecule has 2 amide bonds. The van der Waals surface area contributed by atoms with Crippen LogP contribution in [-0.4, -0.2) is 121 Å². The van der Waals surface area contributed by atoms with Gasteiger partial charge in [-0.25, -0.2) is 4.79 Å². The zero-order valence-electron chi connectivity index (χ0n) is 27.0. The van der Waals surface area contributed by atoms with E-state index in [1.54, 1.807) is 28.3 Å². The van der Waals surface area contributed by atoms with E-state index < -0.39 is 30.3 Å². The lowest BCUT2D eigenvalue weighted by atomic mass is 9.76. The molecule has 1 saturated heterocycles. The first-order valence-corrected chi connectivity index (χ1v) is 15.4. The minimum absolute atomic E-state index is 0.0299. The smallest absolute Gasteiger partial charge is 0.409 e. The summed E-state index contributed by atoms with van der Waals surface area (Å²) in [5.41, 5.74) is 2.74. The molecule has 248 valence electrons. The number of nitrogens with zero attached hydrogens (tertiary/aromatic N) is 3. The molecule has 4 rings (SSSR count). The number of carbonyl (C=O) groups is 2. The van der Waals surface area contributed by atoms with Crippen molar-refractivity contribution in [3.05, 3.63) is 53.6 Å². The summed E-state index contributed by atoms with van der Waals surface area (Å²) in [4.78, 5) is 31.1. The molecule has 2 aromatic rings. The van der Waals surface area contributed by atoms with Gasteiger partial charge in [-0.2, -0.15) is 0 Å². The van der Waals surface area contributed by atoms with E-state index >= 15 is 0 Å². The number of carbonyl (C=O) groups excluding carboxylic acids is 1. The molecular formula is C33H47N3O9. The van der Waals surface area contributed by atoms with Crippen LogP contribution >= 0.6 is 0 Å². The molecule has 0 radical (unpaired) electrons. The summed E-state index contributed by atoms with van der Waals surface area (Å²) in [5.74, 6) is -0.0699. The van der Waals surface area contributed by atoms with Crippen molar-refractivity contribution in [3.63, 3.8) is 0 Å². The van der Waals surface area contributed by atoms with E-state index in [4.69, 9.17) is 28.4 Å². The lowest BCUT2D eigenvalue weighted by molar-refractivity contribution is -0.165. The van der Waals surface area contributed by atoms with Gasteiger partial charge in [-0.1, -0.05) is 18.2 Å². The van der Waals surface area contributed by atoms with Crippen LogP contribution < -0.4 is 14.4 Å². The fraction of sp³-hybridized carbons (Fsp3) is 0.576. The second-order valence-electron chi connectivity index (χ2n) is 11.4. The Bertz CT molecular complexity index is 1240. The molecule has 2 heterocycles. The zero-order valence-corrected chi connectivity index (χ0v) is 27.0. The van der Waals surface area contributed by atoms with Crippen LogP contribution in [0.5, 0.6) is 11.5 Å². The molecule has 0 spiro atoms. The Morgan fingerprint density at radius 2 is 1.73 bits per heavy atom. The van der Waals surface area contributed by atoms with Crippen LogP contribution in [0, 0.1) is 5.92 Å². The van der Waals surface area contributed by atoms with Crippen LogP contribution in [0.3, 0.4) is 0 Å². The van der Waals surface area contributed by atoms with Crippen LogP contribution in [-0.2, 0) is 30.3 Å². The number of likely N-dealkylation sites (tertiary alicyclic amines) is 1. The van der Waals surface area contributed by atoms with Crippen molar-refractivity contribution in [1.82, 2.24) is 9.80 Å². The predicted octanol–water partition coefficient (Wildman–Crippen LogP) is 3.68. The first-order chi connectivity index (χ1) is 21.8. The van der Waals surface area contributed by atoms with Crippen molar-refractivity contribution >= 4 is 17.7 Å². The number of fused-ring (bicyclic) bond motifs is 1.